The number of carbonyl (C=O) groups is 13. The summed E-state index contributed by atoms with van der Waals surface area (Å²) < 4.78 is 0. The summed E-state index contributed by atoms with van der Waals surface area (Å²) in [6, 6.07) is -15.1. The number of carboxylic acids is 2. The van der Waals surface area contributed by atoms with Crippen LogP contribution in [0.5, 0.6) is 0 Å². The highest BCUT2D eigenvalue weighted by Crippen LogP contribution is 2.27. The Balaban J connectivity index is 1.80. The predicted molar refractivity (Wildman–Crippen MR) is 356 cm³/mol. The highest BCUT2D eigenvalue weighted by atomic mass is 32.2. The van der Waals surface area contributed by atoms with Gasteiger partial charge >= 0.3 is 11.9 Å². The number of carbonyl (C=O) groups excluding carboxylic acids is 11. The quantitative estimate of drug-likeness (QED) is 0.0159. The number of aliphatic carboxylic acids is 2. The van der Waals surface area contributed by atoms with Gasteiger partial charge in [0.05, 0.1) is 12.1 Å². The standard InChI is InChI=1S/C61H106N18O16S/c1-10-33(6)46(75-53(88)45(32(4)5)74-50(85)38(17-12-25-68-61(65)66)71-49(84)37(16-11-24-67-60(63)64)70-48(83)36(62)23-29-96-9)54(89)73-40(30-31(2)3)57(92)77-26-13-19-42(77)52(87)76-47(35(8)80)55(90)69-34(7)56(91)79-28-15-20-43(79)58(93)78-27-14-18-41(78)51(86)72-39(59(94)95)21-22-44(81)82/h31-43,45-47,80H,10-30,62H2,1-9H3,(H,69,90)(H,70,83)(H,71,84)(H,72,86)(H,73,89)(H,74,85)(H,75,88)(H,76,87)(H,81,82)(H,94,95)(H4,63,64,67)(H4,65,66,68)/t33-,34-,35+,36-,37-,38-,39-,40-,41-,42-,43-,45-,46-,47-/m0/s1. The summed E-state index contributed by atoms with van der Waals surface area (Å²) >= 11 is 1.49. The lowest BCUT2D eigenvalue weighted by Crippen LogP contribution is -2.62. The molecule has 3 saturated heterocycles. The maximum absolute atomic E-state index is 14.7. The Morgan fingerprint density at radius 2 is 1.00 bits per heavy atom. The maximum atomic E-state index is 14.7. The van der Waals surface area contributed by atoms with Gasteiger partial charge in [0, 0.05) is 39.1 Å². The van der Waals surface area contributed by atoms with Crippen LogP contribution >= 0.6 is 11.8 Å². The van der Waals surface area contributed by atoms with E-state index in [2.05, 4.69) is 52.5 Å². The highest BCUT2D eigenvalue weighted by Gasteiger charge is 2.46. The second-order valence-corrected chi connectivity index (χ2v) is 26.5. The van der Waals surface area contributed by atoms with Gasteiger partial charge in [0.1, 0.15) is 66.5 Å². The molecule has 0 aliphatic carbocycles. The molecule has 3 heterocycles. The first-order valence-electron chi connectivity index (χ1n) is 33.0. The summed E-state index contributed by atoms with van der Waals surface area (Å²) in [7, 11) is 0. The molecule has 21 N–H and O–H groups in total. The van der Waals surface area contributed by atoms with Crippen LogP contribution in [0.3, 0.4) is 0 Å². The normalized spacial score (nSPS) is 19.5. The van der Waals surface area contributed by atoms with Crippen molar-refractivity contribution in [1.29, 1.82) is 0 Å². The molecule has 3 aliphatic heterocycles. The van der Waals surface area contributed by atoms with Gasteiger partial charge in [0.2, 0.25) is 65.0 Å². The van der Waals surface area contributed by atoms with E-state index < -0.39 is 174 Å². The van der Waals surface area contributed by atoms with Crippen molar-refractivity contribution in [3.8, 4) is 0 Å². The van der Waals surface area contributed by atoms with Crippen molar-refractivity contribution in [2.75, 3.05) is 44.7 Å². The average Bonchev–Trinajstić information content (AvgIpc) is 1.62. The molecule has 0 saturated carbocycles. The van der Waals surface area contributed by atoms with Crippen molar-refractivity contribution >= 4 is 101 Å². The first-order valence-corrected chi connectivity index (χ1v) is 34.4. The number of hydrogen-bond acceptors (Lipinski definition) is 18. The second-order valence-electron chi connectivity index (χ2n) is 25.6. The monoisotopic (exact) mass is 1380 g/mol. The Morgan fingerprint density at radius 3 is 1.50 bits per heavy atom. The lowest BCUT2D eigenvalue weighted by Gasteiger charge is -2.33. The minimum Gasteiger partial charge on any atom is -0.481 e. The molecule has 542 valence electrons. The van der Waals surface area contributed by atoms with Crippen molar-refractivity contribution < 1.29 is 77.6 Å². The molecule has 96 heavy (non-hydrogen) atoms. The van der Waals surface area contributed by atoms with Crippen LogP contribution in [0.25, 0.3) is 0 Å². The predicted octanol–water partition coefficient (Wildman–Crippen LogP) is -3.88. The number of carboxylic acid groups (broad SMARTS) is 2. The number of nitrogens with two attached hydrogens (primary N) is 5. The van der Waals surface area contributed by atoms with E-state index in [0.717, 1.165) is 0 Å². The summed E-state index contributed by atoms with van der Waals surface area (Å²) in [6.45, 7) is 13.5. The molecular weight excluding hydrogens is 1270 g/mol. The van der Waals surface area contributed by atoms with Crippen LogP contribution in [0.4, 0.5) is 0 Å². The zero-order chi connectivity index (χ0) is 72.3. The molecule has 0 radical (unpaired) electrons. The number of aliphatic hydroxyl groups excluding tert-OH is 1. The van der Waals surface area contributed by atoms with E-state index in [4.69, 9.17) is 33.8 Å². The molecule has 0 aromatic heterocycles. The zero-order valence-electron chi connectivity index (χ0n) is 56.8. The molecule has 3 aliphatic rings. The molecular formula is C61H106N18O16S. The van der Waals surface area contributed by atoms with Gasteiger partial charge in [-0.15, -0.1) is 0 Å². The summed E-state index contributed by atoms with van der Waals surface area (Å²) in [5.74, 6) is -12.0. The molecule has 0 aromatic carbocycles. The smallest absolute Gasteiger partial charge is 0.326 e. The molecule has 11 amide bonds. The molecule has 3 rings (SSSR count). The largest absolute Gasteiger partial charge is 0.481 e. The van der Waals surface area contributed by atoms with E-state index in [9.17, 15) is 72.5 Å². The van der Waals surface area contributed by atoms with Gasteiger partial charge in [-0.1, -0.05) is 48.0 Å². The van der Waals surface area contributed by atoms with Crippen LogP contribution in [0.15, 0.2) is 9.98 Å². The Labute approximate surface area is 564 Å². The van der Waals surface area contributed by atoms with Gasteiger partial charge in [0.25, 0.3) is 0 Å². The van der Waals surface area contributed by atoms with E-state index >= 15 is 0 Å². The number of guanidine groups is 2. The van der Waals surface area contributed by atoms with Crippen LogP contribution in [0, 0.1) is 17.8 Å². The number of aliphatic imine (C=N–C) groups is 2. The number of rotatable bonds is 40. The van der Waals surface area contributed by atoms with Gasteiger partial charge in [0.15, 0.2) is 11.9 Å². The van der Waals surface area contributed by atoms with E-state index in [0.29, 0.717) is 37.9 Å². The fourth-order valence-electron chi connectivity index (χ4n) is 11.5. The molecule has 0 unspecified atom stereocenters. The Bertz CT molecular complexity index is 2770. The van der Waals surface area contributed by atoms with E-state index in [1.54, 1.807) is 27.7 Å². The van der Waals surface area contributed by atoms with Gasteiger partial charge in [-0.2, -0.15) is 11.8 Å². The van der Waals surface area contributed by atoms with E-state index in [1.165, 1.54) is 40.3 Å². The number of likely N-dealkylation sites (tertiary alicyclic amines) is 3. The number of aliphatic hydroxyl groups is 1. The van der Waals surface area contributed by atoms with Gasteiger partial charge in [-0.05, 0) is 127 Å². The molecule has 0 bridgehead atoms. The third-order valence-electron chi connectivity index (χ3n) is 17.0. The first kappa shape index (κ1) is 82.2. The third kappa shape index (κ3) is 25.8. The van der Waals surface area contributed by atoms with Crippen molar-refractivity contribution in [2.24, 2.45) is 56.4 Å². The molecule has 3 fully saturated rings. The second kappa shape index (κ2) is 40.5. The molecule has 14 atom stereocenters. The van der Waals surface area contributed by atoms with Crippen LogP contribution in [-0.4, -0.2) is 242 Å². The molecule has 0 spiro atoms. The molecule has 0 aromatic rings. The van der Waals surface area contributed by atoms with Crippen LogP contribution in [0.2, 0.25) is 0 Å². The lowest BCUT2D eigenvalue weighted by atomic mass is 9.95. The van der Waals surface area contributed by atoms with Crippen molar-refractivity contribution in [3.05, 3.63) is 0 Å². The number of thioether (sulfide) groups is 1. The number of nitrogens with one attached hydrogen (secondary N) is 8. The fourth-order valence-corrected chi connectivity index (χ4v) is 12.0. The average molecular weight is 1380 g/mol. The van der Waals surface area contributed by atoms with Crippen LogP contribution < -0.4 is 71.2 Å². The SMILES string of the molecule is CC[C@H](C)[C@H](NC(=O)[C@@H](NC(=O)[C@H](CCCN=C(N)N)NC(=O)[C@H](CCCN=C(N)N)NC(=O)[C@@H](N)CCSC)C(C)C)C(=O)N[C@@H](CC(C)C)C(=O)N1CCC[C@H]1C(=O)N[C@H](C(=O)N[C@@H](C)C(=O)N1CCC[C@H]1C(=O)N1CCC[C@H]1C(=O)N[C@@H](CCC(=O)O)C(=O)O)[C@@H](C)O. The van der Waals surface area contributed by atoms with Crippen molar-refractivity contribution in [1.82, 2.24) is 57.2 Å². The topological polar surface area (TPSA) is 543 Å². The van der Waals surface area contributed by atoms with Gasteiger partial charge < -0.3 is 101 Å². The highest BCUT2D eigenvalue weighted by molar-refractivity contribution is 7.98. The van der Waals surface area contributed by atoms with Gasteiger partial charge in [-0.25, -0.2) is 4.79 Å². The van der Waals surface area contributed by atoms with Crippen LogP contribution in [0.1, 0.15) is 152 Å². The minimum absolute atomic E-state index is 0.0353. The molecule has 35 heteroatoms. The van der Waals surface area contributed by atoms with Crippen molar-refractivity contribution in [2.45, 2.75) is 230 Å². The summed E-state index contributed by atoms with van der Waals surface area (Å²) in [5.41, 5.74) is 28.2. The van der Waals surface area contributed by atoms with Crippen LogP contribution in [-0.2, 0) is 62.3 Å². The summed E-state index contributed by atoms with van der Waals surface area (Å²) in [6.07, 6.45) is 2.20. The van der Waals surface area contributed by atoms with Crippen molar-refractivity contribution in [3.63, 3.8) is 0 Å². The Hall–Kier alpha value is -8.08. The van der Waals surface area contributed by atoms with E-state index in [1.807, 2.05) is 20.1 Å². The summed E-state index contributed by atoms with van der Waals surface area (Å²) in [4.78, 5) is 190. The number of hydrogen-bond donors (Lipinski definition) is 16. The number of nitrogens with zero attached hydrogens (tertiary/aromatic N) is 5. The maximum Gasteiger partial charge on any atom is 0.326 e. The van der Waals surface area contributed by atoms with E-state index in [-0.39, 0.29) is 108 Å². The third-order valence-corrected chi connectivity index (χ3v) is 17.7. The minimum atomic E-state index is -1.66. The molecule has 34 nitrogen and oxygen atoms in total. The fraction of sp³-hybridized carbons (Fsp3) is 0.754. The lowest BCUT2D eigenvalue weighted by molar-refractivity contribution is -0.149. The number of amides is 11. The Morgan fingerprint density at radius 1 is 0.531 bits per heavy atom. The van der Waals surface area contributed by atoms with Gasteiger partial charge in [-0.3, -0.25) is 67.5 Å². The first-order chi connectivity index (χ1) is 45.1. The zero-order valence-corrected chi connectivity index (χ0v) is 57.6. The summed E-state index contributed by atoms with van der Waals surface area (Å²) in [5, 5.41) is 50.7. The Kier molecular flexibility index (Phi) is 34.6.